The molecule has 5 aromatic rings. The maximum absolute atomic E-state index is 6.19. The van der Waals surface area contributed by atoms with Crippen LogP contribution in [0.15, 0.2) is 65.6 Å². The van der Waals surface area contributed by atoms with Gasteiger partial charge in [0.15, 0.2) is 5.58 Å². The predicted octanol–water partition coefficient (Wildman–Crippen LogP) is 4.41. The Morgan fingerprint density at radius 1 is 1.04 bits per heavy atom. The molecule has 4 aromatic heterocycles. The number of nitrogens with zero attached hydrogens (tertiary/aromatic N) is 5. The second-order valence-electron chi connectivity index (χ2n) is 5.96. The van der Waals surface area contributed by atoms with Crippen molar-refractivity contribution >= 4 is 22.8 Å². The lowest BCUT2D eigenvalue weighted by Crippen LogP contribution is -1.84. The van der Waals surface area contributed by atoms with E-state index in [0.29, 0.717) is 0 Å². The zero-order chi connectivity index (χ0) is 17.5. The van der Waals surface area contributed by atoms with E-state index in [4.69, 9.17) is 4.42 Å². The Labute approximate surface area is 153 Å². The summed E-state index contributed by atoms with van der Waals surface area (Å²) in [5, 5.41) is 4.25. The fourth-order valence-corrected chi connectivity index (χ4v) is 3.43. The van der Waals surface area contributed by atoms with Crippen molar-refractivity contribution in [3.63, 3.8) is 0 Å². The number of hydrogen-bond acceptors (Lipinski definition) is 6. The lowest BCUT2D eigenvalue weighted by molar-refractivity contribution is 0.632. The van der Waals surface area contributed by atoms with Gasteiger partial charge in [-0.2, -0.15) is 13.8 Å². The summed E-state index contributed by atoms with van der Waals surface area (Å²) in [6, 6.07) is 12.0. The molecule has 0 spiro atoms. The van der Waals surface area contributed by atoms with Gasteiger partial charge in [-0.1, -0.05) is 18.2 Å². The van der Waals surface area contributed by atoms with E-state index in [9.17, 15) is 0 Å². The highest BCUT2D eigenvalue weighted by molar-refractivity contribution is 6.99. The van der Waals surface area contributed by atoms with Crippen molar-refractivity contribution in [2.45, 2.75) is 0 Å². The molecule has 7 heteroatoms. The zero-order valence-electron chi connectivity index (χ0n) is 13.8. The van der Waals surface area contributed by atoms with E-state index in [0.717, 1.165) is 44.8 Å². The second kappa shape index (κ2) is 5.89. The highest BCUT2D eigenvalue weighted by Gasteiger charge is 2.14. The number of aryl methyl sites for hydroxylation is 1. The molecule has 0 N–H and O–H groups in total. The molecule has 1 aromatic carbocycles. The predicted molar refractivity (Wildman–Crippen MR) is 101 cm³/mol. The van der Waals surface area contributed by atoms with E-state index in [1.165, 1.54) is 11.7 Å². The molecule has 0 atom stereocenters. The molecule has 0 aliphatic carbocycles. The monoisotopic (exact) mass is 359 g/mol. The van der Waals surface area contributed by atoms with Gasteiger partial charge >= 0.3 is 0 Å². The van der Waals surface area contributed by atoms with Crippen LogP contribution in [-0.2, 0) is 7.05 Å². The van der Waals surface area contributed by atoms with Gasteiger partial charge in [-0.25, -0.2) is 0 Å². The van der Waals surface area contributed by atoms with E-state index in [-0.39, 0.29) is 0 Å². The molecule has 0 unspecified atom stereocenters. The highest BCUT2D eigenvalue weighted by Crippen LogP contribution is 2.34. The minimum atomic E-state index is 0.760. The van der Waals surface area contributed by atoms with E-state index in [1.54, 1.807) is 17.1 Å². The molecular formula is C19H13N5OS. The fraction of sp³-hybridized carbons (Fsp3) is 0.0526. The average Bonchev–Trinajstić information content (AvgIpc) is 3.41. The molecule has 0 radical (unpaired) electrons. The molecule has 6 nitrogen and oxygen atoms in total. The summed E-state index contributed by atoms with van der Waals surface area (Å²) < 4.78 is 16.3. The molecule has 0 saturated heterocycles. The van der Waals surface area contributed by atoms with Crippen molar-refractivity contribution in [2.24, 2.45) is 7.05 Å². The third-order valence-corrected chi connectivity index (χ3v) is 4.71. The third kappa shape index (κ3) is 2.49. The van der Waals surface area contributed by atoms with E-state index < -0.39 is 0 Å². The zero-order valence-corrected chi connectivity index (χ0v) is 14.6. The van der Waals surface area contributed by atoms with Crippen LogP contribution in [-0.4, -0.2) is 23.5 Å². The molecule has 0 saturated carbocycles. The van der Waals surface area contributed by atoms with Gasteiger partial charge in [0.25, 0.3) is 0 Å². The minimum Gasteiger partial charge on any atom is -0.454 e. The Kier molecular flexibility index (Phi) is 3.39. The number of hydrogen-bond donors (Lipinski definition) is 0. The van der Waals surface area contributed by atoms with Crippen LogP contribution in [0.2, 0.25) is 0 Å². The van der Waals surface area contributed by atoms with E-state index >= 15 is 0 Å². The SMILES string of the molecule is Cn1cc(-c2ccnc3cc(-c4cccc(-c5cnsn5)c4)oc23)cn1. The summed E-state index contributed by atoms with van der Waals surface area (Å²) in [4.78, 5) is 4.45. The Balaban J connectivity index is 1.64. The quantitative estimate of drug-likeness (QED) is 0.477. The number of furan rings is 1. The first kappa shape index (κ1) is 15.0. The van der Waals surface area contributed by atoms with Gasteiger partial charge in [0, 0.05) is 47.8 Å². The largest absolute Gasteiger partial charge is 0.454 e. The van der Waals surface area contributed by atoms with Gasteiger partial charge in [-0.3, -0.25) is 9.67 Å². The standard InChI is InChI=1S/C19H13N5OS/c1-24-11-14(9-21-24)15-5-6-20-16-8-18(25-19(15)16)13-4-2-3-12(7-13)17-10-22-26-23-17/h2-11H,1H3. The van der Waals surface area contributed by atoms with Gasteiger partial charge in [-0.15, -0.1) is 0 Å². The lowest BCUT2D eigenvalue weighted by atomic mass is 10.1. The summed E-state index contributed by atoms with van der Waals surface area (Å²) in [5.41, 5.74) is 6.42. The average molecular weight is 359 g/mol. The minimum absolute atomic E-state index is 0.760. The third-order valence-electron chi connectivity index (χ3n) is 4.23. The molecule has 5 rings (SSSR count). The molecule has 0 aliphatic heterocycles. The Hall–Kier alpha value is -3.32. The van der Waals surface area contributed by atoms with Crippen LogP contribution in [0.5, 0.6) is 0 Å². The van der Waals surface area contributed by atoms with Crippen LogP contribution < -0.4 is 0 Å². The van der Waals surface area contributed by atoms with Crippen LogP contribution in [0.1, 0.15) is 0 Å². The Bertz CT molecular complexity index is 1210. The topological polar surface area (TPSA) is 69.6 Å². The van der Waals surface area contributed by atoms with Crippen LogP contribution >= 0.6 is 11.7 Å². The van der Waals surface area contributed by atoms with Crippen molar-refractivity contribution in [3.05, 3.63) is 61.2 Å². The van der Waals surface area contributed by atoms with Crippen LogP contribution in [0.3, 0.4) is 0 Å². The number of aromatic nitrogens is 5. The van der Waals surface area contributed by atoms with Crippen molar-refractivity contribution in [1.82, 2.24) is 23.5 Å². The smallest absolute Gasteiger partial charge is 0.161 e. The Morgan fingerprint density at radius 2 is 1.96 bits per heavy atom. The molecule has 4 heterocycles. The molecular weight excluding hydrogens is 346 g/mol. The van der Waals surface area contributed by atoms with Crippen molar-refractivity contribution in [3.8, 4) is 33.7 Å². The Morgan fingerprint density at radius 3 is 2.77 bits per heavy atom. The fourth-order valence-electron chi connectivity index (χ4n) is 2.99. The summed E-state index contributed by atoms with van der Waals surface area (Å²) in [7, 11) is 1.90. The van der Waals surface area contributed by atoms with Crippen LogP contribution in [0.25, 0.3) is 44.8 Å². The molecule has 126 valence electrons. The van der Waals surface area contributed by atoms with E-state index in [1.807, 2.05) is 49.8 Å². The van der Waals surface area contributed by atoms with Crippen molar-refractivity contribution in [2.75, 3.05) is 0 Å². The first-order valence-corrected chi connectivity index (χ1v) is 8.77. The summed E-state index contributed by atoms with van der Waals surface area (Å²) >= 11 is 1.20. The second-order valence-corrected chi connectivity index (χ2v) is 6.52. The summed E-state index contributed by atoms with van der Waals surface area (Å²) in [6.07, 6.45) is 7.35. The molecule has 26 heavy (non-hydrogen) atoms. The summed E-state index contributed by atoms with van der Waals surface area (Å²) in [6.45, 7) is 0. The first-order valence-electron chi connectivity index (χ1n) is 8.04. The number of rotatable bonds is 3. The number of pyridine rings is 1. The van der Waals surface area contributed by atoms with E-state index in [2.05, 4.69) is 24.9 Å². The lowest BCUT2D eigenvalue weighted by Gasteiger charge is -2.00. The summed E-state index contributed by atoms with van der Waals surface area (Å²) in [5.74, 6) is 0.772. The number of fused-ring (bicyclic) bond motifs is 1. The first-order chi connectivity index (χ1) is 12.8. The normalized spacial score (nSPS) is 11.3. The maximum Gasteiger partial charge on any atom is 0.161 e. The van der Waals surface area contributed by atoms with Crippen molar-refractivity contribution in [1.29, 1.82) is 0 Å². The highest BCUT2D eigenvalue weighted by atomic mass is 32.1. The van der Waals surface area contributed by atoms with Gasteiger partial charge in [0.1, 0.15) is 17.0 Å². The van der Waals surface area contributed by atoms with Crippen LogP contribution in [0, 0.1) is 0 Å². The molecule has 0 aliphatic rings. The molecule has 0 fully saturated rings. The number of benzene rings is 1. The van der Waals surface area contributed by atoms with Gasteiger partial charge in [0.05, 0.1) is 24.1 Å². The van der Waals surface area contributed by atoms with Gasteiger partial charge in [0.2, 0.25) is 0 Å². The maximum atomic E-state index is 6.19. The van der Waals surface area contributed by atoms with Gasteiger partial charge in [-0.05, 0) is 12.1 Å². The molecule has 0 bridgehead atoms. The van der Waals surface area contributed by atoms with Crippen molar-refractivity contribution < 1.29 is 4.42 Å². The van der Waals surface area contributed by atoms with Crippen LogP contribution in [0.4, 0.5) is 0 Å². The van der Waals surface area contributed by atoms with Gasteiger partial charge < -0.3 is 4.42 Å². The molecule has 0 amide bonds.